The first kappa shape index (κ1) is 19.6. The molecule has 2 aromatic rings. The molecule has 0 amide bonds. The molecule has 26 heavy (non-hydrogen) atoms. The molecule has 0 atom stereocenters. The molecule has 0 unspecified atom stereocenters. The second-order valence-corrected chi connectivity index (χ2v) is 5.66. The number of halogens is 1. The van der Waals surface area contributed by atoms with E-state index in [0.717, 1.165) is 29.8 Å². The largest absolute Gasteiger partial charge is 0.503 e. The Morgan fingerprint density at radius 2 is 2.08 bits per heavy atom. The molecule has 1 aliphatic heterocycles. The van der Waals surface area contributed by atoms with Gasteiger partial charge in [-0.15, -0.1) is 12.4 Å². The molecule has 0 aliphatic carbocycles. The number of aromatic nitrogens is 1. The Balaban J connectivity index is 0.00000243. The molecule has 1 aromatic heterocycles. The van der Waals surface area contributed by atoms with Crippen molar-refractivity contribution in [3.05, 3.63) is 39.2 Å². The number of H-pyrrole nitrogens is 1. The highest BCUT2D eigenvalue weighted by Crippen LogP contribution is 2.41. The van der Waals surface area contributed by atoms with Gasteiger partial charge in [-0.3, -0.25) is 4.79 Å². The topological polar surface area (TPSA) is 132 Å². The van der Waals surface area contributed by atoms with Gasteiger partial charge in [-0.25, -0.2) is 4.79 Å². The highest BCUT2D eigenvalue weighted by atomic mass is 35.5. The van der Waals surface area contributed by atoms with E-state index in [0.29, 0.717) is 12.0 Å². The monoisotopic (exact) mass is 382 g/mol. The van der Waals surface area contributed by atoms with Gasteiger partial charge in [0.05, 0.1) is 12.8 Å². The Labute approximate surface area is 154 Å². The summed E-state index contributed by atoms with van der Waals surface area (Å²) in [7, 11) is 1.28. The summed E-state index contributed by atoms with van der Waals surface area (Å²) >= 11 is 0. The number of aromatic hydroxyl groups is 1. The van der Waals surface area contributed by atoms with Crippen LogP contribution >= 0.6 is 12.4 Å². The fourth-order valence-corrected chi connectivity index (χ4v) is 3.26. The first-order chi connectivity index (χ1) is 12.0. The average Bonchev–Trinajstić information content (AvgIpc) is 3.03. The third-order valence-electron chi connectivity index (χ3n) is 4.32. The summed E-state index contributed by atoms with van der Waals surface area (Å²) in [6.07, 6.45) is 1.12. The second kappa shape index (κ2) is 7.67. The van der Waals surface area contributed by atoms with Gasteiger partial charge in [-0.1, -0.05) is 6.07 Å². The summed E-state index contributed by atoms with van der Waals surface area (Å²) in [6, 6.07) is 3.59. The van der Waals surface area contributed by atoms with Gasteiger partial charge in [0.25, 0.3) is 5.56 Å². The van der Waals surface area contributed by atoms with E-state index < -0.39 is 22.8 Å². The Kier molecular flexibility index (Phi) is 5.79. The van der Waals surface area contributed by atoms with E-state index in [1.165, 1.54) is 7.11 Å². The number of aromatic carboxylic acids is 1. The number of carboxylic acids is 1. The standard InChI is InChI=1S/C17H18N2O6.ClH/c1-25-15-13(19-16(22)12(14(15)21)17(23)24)10-2-3-11-9(4-6-18-11)8(10)5-7-20;/h2-3,18,20H,4-7H2,1H3,(H,23,24)(H2,19,21,22);1H. The van der Waals surface area contributed by atoms with Crippen LogP contribution in [0.15, 0.2) is 16.9 Å². The molecule has 0 saturated carbocycles. The van der Waals surface area contributed by atoms with Gasteiger partial charge in [0.15, 0.2) is 17.1 Å². The Hall–Kier alpha value is -2.71. The number of methoxy groups -OCH3 is 1. The van der Waals surface area contributed by atoms with E-state index in [9.17, 15) is 19.8 Å². The zero-order chi connectivity index (χ0) is 18.1. The third-order valence-corrected chi connectivity index (χ3v) is 4.32. The Bertz CT molecular complexity index is 909. The molecule has 140 valence electrons. The summed E-state index contributed by atoms with van der Waals surface area (Å²) < 4.78 is 5.17. The number of aliphatic hydroxyl groups is 1. The predicted molar refractivity (Wildman–Crippen MR) is 97.9 cm³/mol. The van der Waals surface area contributed by atoms with Gasteiger partial charge in [0.1, 0.15) is 0 Å². The molecule has 3 rings (SSSR count). The molecule has 0 radical (unpaired) electrons. The lowest BCUT2D eigenvalue weighted by atomic mass is 9.93. The van der Waals surface area contributed by atoms with Crippen LogP contribution in [0.1, 0.15) is 21.5 Å². The van der Waals surface area contributed by atoms with E-state index in [1.807, 2.05) is 6.07 Å². The molecule has 9 heteroatoms. The quantitative estimate of drug-likeness (QED) is 0.527. The van der Waals surface area contributed by atoms with Crippen molar-refractivity contribution in [3.8, 4) is 22.8 Å². The van der Waals surface area contributed by atoms with Crippen molar-refractivity contribution in [2.45, 2.75) is 12.8 Å². The molecule has 5 N–H and O–H groups in total. The van der Waals surface area contributed by atoms with Crippen LogP contribution in [0.2, 0.25) is 0 Å². The number of ether oxygens (including phenoxy) is 1. The average molecular weight is 383 g/mol. The molecule has 0 bridgehead atoms. The molecule has 8 nitrogen and oxygen atoms in total. The van der Waals surface area contributed by atoms with Crippen molar-refractivity contribution >= 4 is 24.1 Å². The van der Waals surface area contributed by atoms with Gasteiger partial charge in [0.2, 0.25) is 0 Å². The number of carbonyl (C=O) groups is 1. The van der Waals surface area contributed by atoms with Gasteiger partial charge in [-0.2, -0.15) is 0 Å². The molecular formula is C17H19ClN2O6. The number of anilines is 1. The van der Waals surface area contributed by atoms with Crippen LogP contribution < -0.4 is 15.6 Å². The highest BCUT2D eigenvalue weighted by molar-refractivity contribution is 5.93. The number of hydrogen-bond donors (Lipinski definition) is 5. The minimum absolute atomic E-state index is 0. The van der Waals surface area contributed by atoms with Crippen LogP contribution in [0.5, 0.6) is 11.5 Å². The normalized spacial score (nSPS) is 12.1. The number of rotatable bonds is 5. The lowest BCUT2D eigenvalue weighted by Gasteiger charge is -2.17. The maximum atomic E-state index is 12.1. The van der Waals surface area contributed by atoms with Crippen molar-refractivity contribution < 1.29 is 24.9 Å². The lowest BCUT2D eigenvalue weighted by molar-refractivity contribution is 0.0691. The van der Waals surface area contributed by atoms with E-state index >= 15 is 0 Å². The number of pyridine rings is 1. The fourth-order valence-electron chi connectivity index (χ4n) is 3.26. The maximum Gasteiger partial charge on any atom is 0.345 e. The number of nitrogens with one attached hydrogen (secondary N) is 2. The van der Waals surface area contributed by atoms with Crippen LogP contribution in [-0.2, 0) is 12.8 Å². The van der Waals surface area contributed by atoms with Crippen molar-refractivity contribution in [2.24, 2.45) is 0 Å². The zero-order valence-corrected chi connectivity index (χ0v) is 14.8. The first-order valence-electron chi connectivity index (χ1n) is 7.76. The summed E-state index contributed by atoms with van der Waals surface area (Å²) in [4.78, 5) is 25.8. The highest BCUT2D eigenvalue weighted by Gasteiger charge is 2.26. The molecular weight excluding hydrogens is 364 g/mol. The van der Waals surface area contributed by atoms with Crippen molar-refractivity contribution in [3.63, 3.8) is 0 Å². The van der Waals surface area contributed by atoms with E-state index in [2.05, 4.69) is 10.3 Å². The predicted octanol–water partition coefficient (Wildman–Crippen LogP) is 1.38. The van der Waals surface area contributed by atoms with Crippen molar-refractivity contribution in [1.29, 1.82) is 0 Å². The summed E-state index contributed by atoms with van der Waals surface area (Å²) in [5.41, 5.74) is 1.88. The van der Waals surface area contributed by atoms with Crippen LogP contribution in [0.3, 0.4) is 0 Å². The van der Waals surface area contributed by atoms with Gasteiger partial charge >= 0.3 is 5.97 Å². The zero-order valence-electron chi connectivity index (χ0n) is 14.0. The molecule has 1 aromatic carbocycles. The number of hydrogen-bond acceptors (Lipinski definition) is 6. The number of carboxylic acid groups (broad SMARTS) is 1. The molecule has 0 saturated heterocycles. The summed E-state index contributed by atoms with van der Waals surface area (Å²) in [5, 5.41) is 32.0. The Morgan fingerprint density at radius 1 is 1.35 bits per heavy atom. The Morgan fingerprint density at radius 3 is 2.69 bits per heavy atom. The minimum atomic E-state index is -1.54. The van der Waals surface area contributed by atoms with E-state index in [4.69, 9.17) is 9.84 Å². The number of aromatic amines is 1. The second-order valence-electron chi connectivity index (χ2n) is 5.66. The summed E-state index contributed by atoms with van der Waals surface area (Å²) in [5.74, 6) is -2.39. The molecule has 1 aliphatic rings. The van der Waals surface area contributed by atoms with Crippen LogP contribution in [0.4, 0.5) is 5.69 Å². The summed E-state index contributed by atoms with van der Waals surface area (Å²) in [6.45, 7) is 0.684. The van der Waals surface area contributed by atoms with Gasteiger partial charge in [-0.05, 0) is 30.0 Å². The third kappa shape index (κ3) is 3.09. The van der Waals surface area contributed by atoms with Crippen molar-refractivity contribution in [1.82, 2.24) is 4.98 Å². The first-order valence-corrected chi connectivity index (χ1v) is 7.76. The van der Waals surface area contributed by atoms with Crippen molar-refractivity contribution in [2.75, 3.05) is 25.6 Å². The number of benzene rings is 1. The SMILES string of the molecule is COc1c(-c2ccc3c(c2CCO)CCN3)[nH]c(=O)c(C(=O)O)c1O.Cl. The number of fused-ring (bicyclic) bond motifs is 1. The van der Waals surface area contributed by atoms with Gasteiger partial charge in [0, 0.05) is 24.4 Å². The maximum absolute atomic E-state index is 12.1. The lowest BCUT2D eigenvalue weighted by Crippen LogP contribution is -2.19. The number of aliphatic hydroxyl groups excluding tert-OH is 1. The van der Waals surface area contributed by atoms with Gasteiger partial charge < -0.3 is 30.4 Å². The fraction of sp³-hybridized carbons (Fsp3) is 0.294. The molecule has 2 heterocycles. The smallest absolute Gasteiger partial charge is 0.345 e. The van der Waals surface area contributed by atoms with Crippen LogP contribution in [0.25, 0.3) is 11.3 Å². The van der Waals surface area contributed by atoms with E-state index in [1.54, 1.807) is 6.07 Å². The van der Waals surface area contributed by atoms with Crippen LogP contribution in [0, 0.1) is 0 Å². The van der Waals surface area contributed by atoms with E-state index in [-0.39, 0.29) is 30.5 Å². The minimum Gasteiger partial charge on any atom is -0.503 e. The molecule has 0 spiro atoms. The van der Waals surface area contributed by atoms with Crippen LogP contribution in [-0.4, -0.2) is 46.5 Å². The molecule has 0 fully saturated rings.